The summed E-state index contributed by atoms with van der Waals surface area (Å²) in [6.07, 6.45) is 2.85. The van der Waals surface area contributed by atoms with Gasteiger partial charge in [0.1, 0.15) is 0 Å². The molecule has 2 atom stereocenters. The third-order valence-corrected chi connectivity index (χ3v) is 5.01. The lowest BCUT2D eigenvalue weighted by atomic mass is 9.99. The van der Waals surface area contributed by atoms with Crippen molar-refractivity contribution in [1.82, 2.24) is 19.8 Å². The van der Waals surface area contributed by atoms with E-state index in [1.807, 2.05) is 24.5 Å². The molecule has 0 saturated carbocycles. The number of likely N-dealkylation sites (tertiary alicyclic amines) is 1. The molecule has 2 unspecified atom stereocenters. The van der Waals surface area contributed by atoms with E-state index in [1.165, 1.54) is 7.11 Å². The number of benzene rings is 1. The van der Waals surface area contributed by atoms with Crippen molar-refractivity contribution in [1.29, 1.82) is 0 Å². The first-order valence-corrected chi connectivity index (χ1v) is 9.07. The van der Waals surface area contributed by atoms with Crippen LogP contribution in [0.4, 0.5) is 0 Å². The number of aromatic nitrogens is 2. The van der Waals surface area contributed by atoms with Crippen molar-refractivity contribution in [2.45, 2.75) is 19.9 Å². The number of carbonyl (C=O) groups excluding carboxylic acids is 1. The molecule has 0 bridgehead atoms. The highest BCUT2D eigenvalue weighted by molar-refractivity contribution is 5.82. The molecule has 1 aromatic heterocycles. The molecule has 7 heteroatoms. The number of aliphatic imine (C=N–C) groups is 1. The highest BCUT2D eigenvalue weighted by Gasteiger charge is 2.36. The molecular formula is C19H27N5O2. The minimum Gasteiger partial charge on any atom is -0.469 e. The number of hydrogen-bond donors (Lipinski definition) is 1. The largest absolute Gasteiger partial charge is 0.469 e. The standard InChI is InChI=1S/C19H27N5O2/c1-14-11-24(12-15(14)18(25)26-3)19(20-2)21-9-6-10-23-13-22-16-7-4-5-8-17(16)23/h4-5,7-8,13-15H,6,9-12H2,1-3H3,(H,20,21). The number of rotatable bonds is 5. The first kappa shape index (κ1) is 18.2. The number of carbonyl (C=O) groups is 1. The van der Waals surface area contributed by atoms with Crippen LogP contribution < -0.4 is 5.32 Å². The zero-order chi connectivity index (χ0) is 18.5. The minimum atomic E-state index is -0.137. The second kappa shape index (κ2) is 8.21. The molecule has 1 saturated heterocycles. The number of nitrogens with zero attached hydrogens (tertiary/aromatic N) is 4. The predicted molar refractivity (Wildman–Crippen MR) is 102 cm³/mol. The lowest BCUT2D eigenvalue weighted by molar-refractivity contribution is -0.145. The molecule has 0 radical (unpaired) electrons. The number of imidazole rings is 1. The predicted octanol–water partition coefficient (Wildman–Crippen LogP) is 1.74. The second-order valence-corrected chi connectivity index (χ2v) is 6.77. The number of methoxy groups -OCH3 is 1. The summed E-state index contributed by atoms with van der Waals surface area (Å²) in [5, 5.41) is 3.41. The molecule has 26 heavy (non-hydrogen) atoms. The summed E-state index contributed by atoms with van der Waals surface area (Å²) in [4.78, 5) is 22.8. The second-order valence-electron chi connectivity index (χ2n) is 6.77. The number of para-hydroxylation sites is 2. The van der Waals surface area contributed by atoms with Gasteiger partial charge in [-0.1, -0.05) is 19.1 Å². The van der Waals surface area contributed by atoms with Gasteiger partial charge in [-0.2, -0.15) is 0 Å². The Morgan fingerprint density at radius 2 is 2.19 bits per heavy atom. The minimum absolute atomic E-state index is 0.0872. The van der Waals surface area contributed by atoms with Gasteiger partial charge in [-0.05, 0) is 24.5 Å². The van der Waals surface area contributed by atoms with Crippen LogP contribution in [0.15, 0.2) is 35.6 Å². The number of esters is 1. The van der Waals surface area contributed by atoms with Gasteiger partial charge in [0.2, 0.25) is 0 Å². The molecule has 0 spiro atoms. The van der Waals surface area contributed by atoms with Crippen molar-refractivity contribution in [2.75, 3.05) is 33.8 Å². The van der Waals surface area contributed by atoms with Crippen molar-refractivity contribution in [2.24, 2.45) is 16.8 Å². The number of aryl methyl sites for hydroxylation is 1. The SMILES string of the molecule is CN=C(NCCCn1cnc2ccccc21)N1CC(C)C(C(=O)OC)C1. The summed E-state index contributed by atoms with van der Waals surface area (Å²) in [5.41, 5.74) is 2.18. The molecule has 1 aromatic carbocycles. The Labute approximate surface area is 154 Å². The average Bonchev–Trinajstić information content (AvgIpc) is 3.25. The number of nitrogens with one attached hydrogen (secondary N) is 1. The van der Waals surface area contributed by atoms with E-state index in [0.717, 1.165) is 43.0 Å². The molecular weight excluding hydrogens is 330 g/mol. The van der Waals surface area contributed by atoms with Gasteiger partial charge in [-0.3, -0.25) is 9.79 Å². The van der Waals surface area contributed by atoms with Crippen LogP contribution in [-0.2, 0) is 16.1 Å². The summed E-state index contributed by atoms with van der Waals surface area (Å²) in [6, 6.07) is 8.15. The van der Waals surface area contributed by atoms with Gasteiger partial charge in [0.15, 0.2) is 5.96 Å². The van der Waals surface area contributed by atoms with Crippen molar-refractivity contribution >= 4 is 23.0 Å². The maximum Gasteiger partial charge on any atom is 0.310 e. The molecule has 2 aromatic rings. The summed E-state index contributed by atoms with van der Waals surface area (Å²) in [6.45, 7) is 5.25. The highest BCUT2D eigenvalue weighted by atomic mass is 16.5. The van der Waals surface area contributed by atoms with Gasteiger partial charge in [0.25, 0.3) is 0 Å². The smallest absolute Gasteiger partial charge is 0.310 e. The first-order chi connectivity index (χ1) is 12.6. The number of ether oxygens (including phenoxy) is 1. The third kappa shape index (κ3) is 3.81. The fourth-order valence-electron chi connectivity index (χ4n) is 3.57. The molecule has 1 aliphatic heterocycles. The average molecular weight is 357 g/mol. The summed E-state index contributed by atoms with van der Waals surface area (Å²) in [5.74, 6) is 0.885. The van der Waals surface area contributed by atoms with Crippen LogP contribution in [-0.4, -0.2) is 60.2 Å². The topological polar surface area (TPSA) is 71.8 Å². The molecule has 1 aliphatic rings. The molecule has 1 fully saturated rings. The third-order valence-electron chi connectivity index (χ3n) is 5.01. The van der Waals surface area contributed by atoms with Crippen molar-refractivity contribution < 1.29 is 9.53 Å². The van der Waals surface area contributed by atoms with Crippen LogP contribution in [0.2, 0.25) is 0 Å². The fraction of sp³-hybridized carbons (Fsp3) is 0.526. The fourth-order valence-corrected chi connectivity index (χ4v) is 3.57. The van der Waals surface area contributed by atoms with Crippen molar-refractivity contribution in [3.63, 3.8) is 0 Å². The van der Waals surface area contributed by atoms with Gasteiger partial charge in [-0.15, -0.1) is 0 Å². The summed E-state index contributed by atoms with van der Waals surface area (Å²) >= 11 is 0. The quantitative estimate of drug-likeness (QED) is 0.382. The summed E-state index contributed by atoms with van der Waals surface area (Å²) < 4.78 is 7.08. The zero-order valence-corrected chi connectivity index (χ0v) is 15.7. The van der Waals surface area contributed by atoms with Crippen LogP contribution in [0.3, 0.4) is 0 Å². The van der Waals surface area contributed by atoms with Gasteiger partial charge >= 0.3 is 5.97 Å². The molecule has 3 rings (SSSR count). The molecule has 2 heterocycles. The van der Waals surface area contributed by atoms with Gasteiger partial charge in [0, 0.05) is 33.2 Å². The van der Waals surface area contributed by atoms with E-state index in [2.05, 4.69) is 37.8 Å². The van der Waals surface area contributed by atoms with Gasteiger partial charge in [0.05, 0.1) is 30.4 Å². The zero-order valence-electron chi connectivity index (χ0n) is 15.7. The van der Waals surface area contributed by atoms with Crippen LogP contribution in [0.1, 0.15) is 13.3 Å². The maximum atomic E-state index is 11.9. The Morgan fingerprint density at radius 3 is 2.96 bits per heavy atom. The van der Waals surface area contributed by atoms with E-state index in [0.29, 0.717) is 6.54 Å². The van der Waals surface area contributed by atoms with Gasteiger partial charge < -0.3 is 19.5 Å². The molecule has 7 nitrogen and oxygen atoms in total. The first-order valence-electron chi connectivity index (χ1n) is 9.07. The van der Waals surface area contributed by atoms with Crippen molar-refractivity contribution in [3.05, 3.63) is 30.6 Å². The van der Waals surface area contributed by atoms with Crippen molar-refractivity contribution in [3.8, 4) is 0 Å². The lowest BCUT2D eigenvalue weighted by Gasteiger charge is -2.21. The van der Waals surface area contributed by atoms with E-state index in [1.54, 1.807) is 7.05 Å². The lowest BCUT2D eigenvalue weighted by Crippen LogP contribution is -2.41. The van der Waals surface area contributed by atoms with Crippen LogP contribution in [0, 0.1) is 11.8 Å². The van der Waals surface area contributed by atoms with Crippen LogP contribution >= 0.6 is 0 Å². The monoisotopic (exact) mass is 357 g/mol. The molecule has 0 aliphatic carbocycles. The summed E-state index contributed by atoms with van der Waals surface area (Å²) in [7, 11) is 3.23. The maximum absolute atomic E-state index is 11.9. The Bertz CT molecular complexity index is 785. The van der Waals surface area contributed by atoms with Crippen LogP contribution in [0.5, 0.6) is 0 Å². The number of guanidine groups is 1. The number of fused-ring (bicyclic) bond motifs is 1. The van der Waals surface area contributed by atoms with E-state index in [4.69, 9.17) is 4.74 Å². The molecule has 140 valence electrons. The Balaban J connectivity index is 1.50. The Kier molecular flexibility index (Phi) is 5.75. The molecule has 1 N–H and O–H groups in total. The highest BCUT2D eigenvalue weighted by Crippen LogP contribution is 2.24. The van der Waals surface area contributed by atoms with E-state index >= 15 is 0 Å². The molecule has 0 amide bonds. The van der Waals surface area contributed by atoms with E-state index in [9.17, 15) is 4.79 Å². The Hall–Kier alpha value is -2.57. The number of hydrogen-bond acceptors (Lipinski definition) is 4. The van der Waals surface area contributed by atoms with Crippen LogP contribution in [0.25, 0.3) is 11.0 Å². The normalized spacial score (nSPS) is 20.6. The van der Waals surface area contributed by atoms with E-state index in [-0.39, 0.29) is 17.8 Å². The van der Waals surface area contributed by atoms with E-state index < -0.39 is 0 Å². The van der Waals surface area contributed by atoms with Gasteiger partial charge in [-0.25, -0.2) is 4.98 Å². The Morgan fingerprint density at radius 1 is 1.38 bits per heavy atom.